The van der Waals surface area contributed by atoms with Gasteiger partial charge in [-0.05, 0) is 38.3 Å². The summed E-state index contributed by atoms with van der Waals surface area (Å²) in [4.78, 5) is 0. The first-order chi connectivity index (χ1) is 8.84. The number of nitrogen functional groups attached to an aromatic ring is 1. The Balaban J connectivity index is 2.65. The van der Waals surface area contributed by atoms with Gasteiger partial charge in [-0.25, -0.2) is 0 Å². The normalized spacial score (nSPS) is 14.2. The van der Waals surface area contributed by atoms with Crippen molar-refractivity contribution in [2.24, 2.45) is 5.92 Å². The lowest BCUT2D eigenvalue weighted by atomic mass is 9.94. The number of nitrogens with two attached hydrogens (primary N) is 1. The highest BCUT2D eigenvalue weighted by Gasteiger charge is 2.21. The monoisotopic (exact) mass is 266 g/mol. The lowest BCUT2D eigenvalue weighted by Gasteiger charge is -2.26. The second kappa shape index (κ2) is 6.66. The van der Waals surface area contributed by atoms with Gasteiger partial charge in [0.2, 0.25) is 0 Å². The number of rotatable bonds is 7. The third-order valence-electron chi connectivity index (χ3n) is 2.83. The molecule has 0 bridgehead atoms. The average Bonchev–Trinajstić information content (AvgIpc) is 2.29. The molecule has 0 aromatic heterocycles. The van der Waals surface area contributed by atoms with E-state index in [9.17, 15) is 5.11 Å². The Kier molecular flexibility index (Phi) is 5.48. The Morgan fingerprint density at radius 3 is 2.68 bits per heavy atom. The Morgan fingerprint density at radius 1 is 1.42 bits per heavy atom. The van der Waals surface area contributed by atoms with Crippen molar-refractivity contribution < 1.29 is 9.84 Å². The van der Waals surface area contributed by atoms with Gasteiger partial charge in [0.05, 0.1) is 17.9 Å². The van der Waals surface area contributed by atoms with Crippen LogP contribution in [0, 0.1) is 5.92 Å². The molecule has 1 atom stereocenters. The van der Waals surface area contributed by atoms with Crippen LogP contribution in [0.4, 0.5) is 11.4 Å². The van der Waals surface area contributed by atoms with Gasteiger partial charge in [-0.15, -0.1) is 0 Å². The third kappa shape index (κ3) is 5.39. The van der Waals surface area contributed by atoms with E-state index in [0.29, 0.717) is 30.5 Å². The van der Waals surface area contributed by atoms with E-state index >= 15 is 0 Å². The molecular formula is C15H26N2O2. The second-order valence-electron chi connectivity index (χ2n) is 5.63. The van der Waals surface area contributed by atoms with E-state index in [0.717, 1.165) is 12.1 Å². The van der Waals surface area contributed by atoms with Gasteiger partial charge < -0.3 is 20.9 Å². The lowest BCUT2D eigenvalue weighted by Crippen LogP contribution is -2.34. The van der Waals surface area contributed by atoms with E-state index in [1.165, 1.54) is 0 Å². The third-order valence-corrected chi connectivity index (χ3v) is 2.83. The fourth-order valence-electron chi connectivity index (χ4n) is 2.17. The number of ether oxygens (including phenoxy) is 1. The maximum Gasteiger partial charge on any atom is 0.144 e. The molecule has 0 spiro atoms. The van der Waals surface area contributed by atoms with Crippen LogP contribution in [0.3, 0.4) is 0 Å². The Morgan fingerprint density at radius 2 is 2.11 bits per heavy atom. The topological polar surface area (TPSA) is 67.5 Å². The summed E-state index contributed by atoms with van der Waals surface area (Å²) in [5.74, 6) is 1.14. The molecule has 108 valence electrons. The summed E-state index contributed by atoms with van der Waals surface area (Å²) in [5, 5.41) is 13.5. The number of benzene rings is 1. The minimum Gasteiger partial charge on any atom is -0.492 e. The summed E-state index contributed by atoms with van der Waals surface area (Å²) in [7, 11) is 0. The molecule has 0 aliphatic heterocycles. The molecule has 4 heteroatoms. The summed E-state index contributed by atoms with van der Waals surface area (Å²) in [6.45, 7) is 9.06. The van der Waals surface area contributed by atoms with Gasteiger partial charge in [-0.2, -0.15) is 0 Å². The highest BCUT2D eigenvalue weighted by Crippen LogP contribution is 2.26. The molecule has 4 N–H and O–H groups in total. The van der Waals surface area contributed by atoms with Gasteiger partial charge in [0.1, 0.15) is 5.75 Å². The molecule has 4 nitrogen and oxygen atoms in total. The summed E-state index contributed by atoms with van der Waals surface area (Å²) in [5.41, 5.74) is 6.63. The largest absolute Gasteiger partial charge is 0.492 e. The number of aliphatic hydroxyl groups is 1. The van der Waals surface area contributed by atoms with E-state index in [2.05, 4.69) is 19.2 Å². The zero-order chi connectivity index (χ0) is 14.5. The van der Waals surface area contributed by atoms with Crippen LogP contribution in [0.1, 0.15) is 34.1 Å². The van der Waals surface area contributed by atoms with Gasteiger partial charge in [-0.1, -0.05) is 13.8 Å². The molecule has 1 aromatic carbocycles. The highest BCUT2D eigenvalue weighted by atomic mass is 16.5. The zero-order valence-corrected chi connectivity index (χ0v) is 12.4. The minimum atomic E-state index is -0.721. The second-order valence-corrected chi connectivity index (χ2v) is 5.63. The quantitative estimate of drug-likeness (QED) is 0.664. The standard InChI is InChI=1S/C15H26N2O2/c1-5-19-14-8-12(6-7-13(14)16)17-10-15(4,18)9-11(2)3/h6-8,11,17-18H,5,9-10,16H2,1-4H3. The SMILES string of the molecule is CCOc1cc(NCC(C)(O)CC(C)C)ccc1N. The van der Waals surface area contributed by atoms with Crippen LogP contribution in [0.25, 0.3) is 0 Å². The van der Waals surface area contributed by atoms with Crippen molar-refractivity contribution in [1.29, 1.82) is 0 Å². The zero-order valence-electron chi connectivity index (χ0n) is 12.4. The van der Waals surface area contributed by atoms with Crippen LogP contribution >= 0.6 is 0 Å². The molecular weight excluding hydrogens is 240 g/mol. The summed E-state index contributed by atoms with van der Waals surface area (Å²) in [6.07, 6.45) is 0.757. The number of hydrogen-bond acceptors (Lipinski definition) is 4. The highest BCUT2D eigenvalue weighted by molar-refractivity contribution is 5.61. The van der Waals surface area contributed by atoms with E-state index in [1.54, 1.807) is 0 Å². The van der Waals surface area contributed by atoms with Crippen LogP contribution in [-0.2, 0) is 0 Å². The maximum absolute atomic E-state index is 10.3. The Hall–Kier alpha value is -1.42. The van der Waals surface area contributed by atoms with Crippen molar-refractivity contribution >= 4 is 11.4 Å². The van der Waals surface area contributed by atoms with Gasteiger partial charge in [-0.3, -0.25) is 0 Å². The summed E-state index contributed by atoms with van der Waals surface area (Å²) >= 11 is 0. The van der Waals surface area contributed by atoms with Gasteiger partial charge in [0, 0.05) is 18.3 Å². The lowest BCUT2D eigenvalue weighted by molar-refractivity contribution is 0.0515. The molecule has 1 unspecified atom stereocenters. The van der Waals surface area contributed by atoms with Crippen LogP contribution in [0.15, 0.2) is 18.2 Å². The van der Waals surface area contributed by atoms with E-state index in [4.69, 9.17) is 10.5 Å². The van der Waals surface area contributed by atoms with Gasteiger partial charge in [0.15, 0.2) is 0 Å². The van der Waals surface area contributed by atoms with E-state index in [1.807, 2.05) is 32.0 Å². The summed E-state index contributed by atoms with van der Waals surface area (Å²) < 4.78 is 5.45. The van der Waals surface area contributed by atoms with E-state index in [-0.39, 0.29) is 0 Å². The van der Waals surface area contributed by atoms with Crippen LogP contribution < -0.4 is 15.8 Å². The average molecular weight is 266 g/mol. The van der Waals surface area contributed by atoms with Crippen molar-refractivity contribution in [3.8, 4) is 5.75 Å². The molecule has 0 aliphatic rings. The first-order valence-corrected chi connectivity index (χ1v) is 6.82. The molecule has 0 aliphatic carbocycles. The molecule has 0 fully saturated rings. The summed E-state index contributed by atoms with van der Waals surface area (Å²) in [6, 6.07) is 5.57. The van der Waals surface area contributed by atoms with Crippen molar-refractivity contribution in [1.82, 2.24) is 0 Å². The molecule has 0 heterocycles. The van der Waals surface area contributed by atoms with Crippen molar-refractivity contribution in [3.63, 3.8) is 0 Å². The van der Waals surface area contributed by atoms with Crippen LogP contribution in [0.5, 0.6) is 5.75 Å². The maximum atomic E-state index is 10.3. The Bertz CT molecular complexity index is 403. The Labute approximate surface area is 116 Å². The molecule has 0 amide bonds. The van der Waals surface area contributed by atoms with Crippen LogP contribution in [-0.4, -0.2) is 23.9 Å². The molecule has 0 saturated heterocycles. The number of nitrogens with one attached hydrogen (secondary N) is 1. The van der Waals surface area contributed by atoms with Crippen molar-refractivity contribution in [3.05, 3.63) is 18.2 Å². The fraction of sp³-hybridized carbons (Fsp3) is 0.600. The first kappa shape index (κ1) is 15.6. The predicted octanol–water partition coefficient (Wildman–Crippen LogP) is 2.88. The minimum absolute atomic E-state index is 0.460. The molecule has 1 rings (SSSR count). The number of anilines is 2. The van der Waals surface area contributed by atoms with Crippen LogP contribution in [0.2, 0.25) is 0 Å². The first-order valence-electron chi connectivity index (χ1n) is 6.82. The smallest absolute Gasteiger partial charge is 0.144 e. The predicted molar refractivity (Wildman–Crippen MR) is 80.6 cm³/mol. The van der Waals surface area contributed by atoms with Crippen molar-refractivity contribution in [2.45, 2.75) is 39.7 Å². The number of hydrogen-bond donors (Lipinski definition) is 3. The molecule has 0 saturated carbocycles. The van der Waals surface area contributed by atoms with Gasteiger partial charge in [0.25, 0.3) is 0 Å². The molecule has 0 radical (unpaired) electrons. The molecule has 19 heavy (non-hydrogen) atoms. The van der Waals surface area contributed by atoms with Crippen molar-refractivity contribution in [2.75, 3.05) is 24.2 Å². The fourth-order valence-corrected chi connectivity index (χ4v) is 2.17. The van der Waals surface area contributed by atoms with E-state index < -0.39 is 5.60 Å². The molecule has 1 aromatic rings. The van der Waals surface area contributed by atoms with Gasteiger partial charge >= 0.3 is 0 Å².